The predicted octanol–water partition coefficient (Wildman–Crippen LogP) is 3.12. The van der Waals surface area contributed by atoms with Crippen molar-refractivity contribution in [2.45, 2.75) is 27.2 Å². The summed E-state index contributed by atoms with van der Waals surface area (Å²) in [4.78, 5) is 0.451. The van der Waals surface area contributed by atoms with Gasteiger partial charge in [0.1, 0.15) is 0 Å². The van der Waals surface area contributed by atoms with Crippen LogP contribution in [-0.4, -0.2) is 9.11 Å². The van der Waals surface area contributed by atoms with E-state index in [1.54, 1.807) is 6.08 Å². The second-order valence-electron chi connectivity index (χ2n) is 4.67. The first kappa shape index (κ1) is 11.8. The Morgan fingerprint density at radius 1 is 1.50 bits per heavy atom. The van der Waals surface area contributed by atoms with Crippen molar-refractivity contribution in [3.63, 3.8) is 0 Å². The Balaban J connectivity index is 3.03. The highest BCUT2D eigenvalue weighted by molar-refractivity contribution is 8.25. The molecule has 0 aromatic heterocycles. The molecule has 1 atom stereocenters. The topological polar surface area (TPSA) is 66.5 Å². The van der Waals surface area contributed by atoms with Crippen molar-refractivity contribution in [1.82, 2.24) is 0 Å². The van der Waals surface area contributed by atoms with Crippen LogP contribution in [0, 0.1) is 11.3 Å². The van der Waals surface area contributed by atoms with E-state index in [0.717, 1.165) is 6.42 Å². The molecule has 0 aromatic rings. The predicted molar refractivity (Wildman–Crippen MR) is 61.8 cm³/mol. The van der Waals surface area contributed by atoms with Gasteiger partial charge in [0.05, 0.1) is 4.91 Å². The molecule has 0 spiro atoms. The first-order valence-corrected chi connectivity index (χ1v) is 6.29. The van der Waals surface area contributed by atoms with Gasteiger partial charge in [-0.2, -0.15) is 0 Å². The van der Waals surface area contributed by atoms with E-state index in [1.165, 1.54) is 0 Å². The Morgan fingerprint density at radius 3 is 2.57 bits per heavy atom. The van der Waals surface area contributed by atoms with Crippen LogP contribution in [0.2, 0.25) is 0 Å². The minimum Gasteiger partial charge on any atom is -0.282 e. The fourth-order valence-corrected chi connectivity index (χ4v) is 2.61. The Labute approximate surface area is 87.2 Å². The van der Waals surface area contributed by atoms with E-state index in [0.29, 0.717) is 10.8 Å². The average Bonchev–Trinajstić information content (AvgIpc) is 2.05. The minimum absolute atomic E-state index is 0.0403. The van der Waals surface area contributed by atoms with Crippen LogP contribution in [0.5, 0.6) is 0 Å². The summed E-state index contributed by atoms with van der Waals surface area (Å²) in [7, 11) is -3.07. The van der Waals surface area contributed by atoms with Crippen molar-refractivity contribution in [2.24, 2.45) is 16.5 Å². The zero-order valence-electron chi connectivity index (χ0n) is 8.90. The van der Waals surface area contributed by atoms with Crippen LogP contribution in [0.4, 0.5) is 0 Å². The molecule has 0 aromatic carbocycles. The second-order valence-corrected chi connectivity index (χ2v) is 6.33. The zero-order valence-corrected chi connectivity index (χ0v) is 9.71. The molecule has 0 fully saturated rings. The Morgan fingerprint density at radius 2 is 2.07 bits per heavy atom. The molecular weight excluding hydrogens is 198 g/mol. The molecule has 1 rings (SSSR count). The summed E-state index contributed by atoms with van der Waals surface area (Å²) < 4.78 is 18.8. The van der Waals surface area contributed by atoms with Crippen molar-refractivity contribution < 1.29 is 9.11 Å². The third kappa shape index (κ3) is 3.13. The van der Waals surface area contributed by atoms with Crippen LogP contribution in [0.1, 0.15) is 27.2 Å². The lowest BCUT2D eigenvalue weighted by molar-refractivity contribution is 0.389. The quantitative estimate of drug-likeness (QED) is 0.632. The highest BCUT2D eigenvalue weighted by atomic mass is 32.3. The van der Waals surface area contributed by atoms with Crippen molar-refractivity contribution in [1.29, 1.82) is 0 Å². The normalized spacial score (nSPS) is 28.1. The smallest absolute Gasteiger partial charge is 0.0710 e. The lowest BCUT2D eigenvalue weighted by Gasteiger charge is -2.29. The summed E-state index contributed by atoms with van der Waals surface area (Å²) in [6.45, 7) is 6.25. The monoisotopic (exact) mass is 217 g/mol. The standard InChI is InChI=1S/C10H19NO2S/c1-8-4-5-9(14(11,12)13)7-10(2,3)6-8/h4-5,7-8,12-13H,6,11H2,1-3H3. The molecule has 0 saturated carbocycles. The first-order valence-electron chi connectivity index (χ1n) is 4.68. The summed E-state index contributed by atoms with van der Waals surface area (Å²) in [5.74, 6) is 0.431. The molecule has 0 bridgehead atoms. The highest BCUT2D eigenvalue weighted by Gasteiger charge is 2.24. The third-order valence-electron chi connectivity index (χ3n) is 2.32. The Hall–Kier alpha value is -0.290. The molecule has 1 aliphatic rings. The number of nitrogens with two attached hydrogens (primary N) is 1. The number of hydrogen-bond acceptors (Lipinski definition) is 3. The molecule has 0 saturated heterocycles. The molecule has 0 amide bonds. The van der Waals surface area contributed by atoms with Gasteiger partial charge in [0.25, 0.3) is 0 Å². The molecule has 14 heavy (non-hydrogen) atoms. The van der Waals surface area contributed by atoms with Gasteiger partial charge in [0.2, 0.25) is 0 Å². The lowest BCUT2D eigenvalue weighted by atomic mass is 9.84. The van der Waals surface area contributed by atoms with E-state index < -0.39 is 10.8 Å². The molecule has 4 N–H and O–H groups in total. The fourth-order valence-electron chi connectivity index (χ4n) is 1.84. The molecule has 0 aliphatic heterocycles. The van der Waals surface area contributed by atoms with E-state index in [-0.39, 0.29) is 5.41 Å². The fraction of sp³-hybridized carbons (Fsp3) is 0.600. The molecule has 82 valence electrons. The van der Waals surface area contributed by atoms with Crippen molar-refractivity contribution in [3.05, 3.63) is 23.1 Å². The summed E-state index contributed by atoms with van der Waals surface area (Å²) >= 11 is 0. The summed E-state index contributed by atoms with van der Waals surface area (Å²) in [6.07, 6.45) is 6.56. The molecule has 3 nitrogen and oxygen atoms in total. The third-order valence-corrected chi connectivity index (χ3v) is 3.26. The molecular formula is C10H19NO2S. The van der Waals surface area contributed by atoms with Crippen LogP contribution in [0.15, 0.2) is 23.1 Å². The second kappa shape index (κ2) is 3.70. The molecule has 1 aliphatic carbocycles. The summed E-state index contributed by atoms with van der Waals surface area (Å²) in [5.41, 5.74) is -0.0403. The van der Waals surface area contributed by atoms with Gasteiger partial charge in [-0.3, -0.25) is 9.11 Å². The highest BCUT2D eigenvalue weighted by Crippen LogP contribution is 2.45. The average molecular weight is 217 g/mol. The van der Waals surface area contributed by atoms with Crippen LogP contribution in [0.3, 0.4) is 0 Å². The largest absolute Gasteiger partial charge is 0.282 e. The van der Waals surface area contributed by atoms with Gasteiger partial charge in [-0.15, -0.1) is 10.8 Å². The number of hydrogen-bond donors (Lipinski definition) is 3. The maximum Gasteiger partial charge on any atom is 0.0710 e. The van der Waals surface area contributed by atoms with Crippen molar-refractivity contribution in [3.8, 4) is 0 Å². The van der Waals surface area contributed by atoms with Crippen LogP contribution < -0.4 is 5.14 Å². The first-order chi connectivity index (χ1) is 6.21. The van der Waals surface area contributed by atoms with Gasteiger partial charge < -0.3 is 0 Å². The van der Waals surface area contributed by atoms with Gasteiger partial charge in [-0.1, -0.05) is 32.9 Å². The number of allylic oxidation sites excluding steroid dienone is 3. The van der Waals surface area contributed by atoms with E-state index >= 15 is 0 Å². The van der Waals surface area contributed by atoms with E-state index in [2.05, 4.69) is 20.8 Å². The molecule has 0 heterocycles. The molecule has 1 unspecified atom stereocenters. The van der Waals surface area contributed by atoms with Gasteiger partial charge >= 0.3 is 0 Å². The minimum atomic E-state index is -3.07. The van der Waals surface area contributed by atoms with Gasteiger partial charge in [-0.05, 0) is 23.8 Å². The Bertz CT molecular complexity index is 276. The summed E-state index contributed by atoms with van der Waals surface area (Å²) in [6, 6.07) is 0. The molecule has 4 heteroatoms. The van der Waals surface area contributed by atoms with Crippen LogP contribution in [0.25, 0.3) is 0 Å². The van der Waals surface area contributed by atoms with E-state index in [4.69, 9.17) is 5.14 Å². The van der Waals surface area contributed by atoms with Crippen LogP contribution >= 0.6 is 10.8 Å². The molecule has 0 radical (unpaired) electrons. The van der Waals surface area contributed by atoms with E-state index in [1.807, 2.05) is 12.2 Å². The van der Waals surface area contributed by atoms with Gasteiger partial charge in [0.15, 0.2) is 0 Å². The van der Waals surface area contributed by atoms with Gasteiger partial charge in [0, 0.05) is 0 Å². The van der Waals surface area contributed by atoms with E-state index in [9.17, 15) is 9.11 Å². The van der Waals surface area contributed by atoms with Crippen molar-refractivity contribution in [2.75, 3.05) is 0 Å². The maximum absolute atomic E-state index is 9.38. The maximum atomic E-state index is 9.38. The summed E-state index contributed by atoms with van der Waals surface area (Å²) in [5, 5.41) is 5.32. The van der Waals surface area contributed by atoms with Gasteiger partial charge in [-0.25, -0.2) is 5.14 Å². The van der Waals surface area contributed by atoms with Crippen LogP contribution in [-0.2, 0) is 0 Å². The number of rotatable bonds is 1. The zero-order chi connectivity index (χ0) is 11.0. The van der Waals surface area contributed by atoms with Crippen molar-refractivity contribution >= 4 is 10.8 Å². The lowest BCUT2D eigenvalue weighted by Crippen LogP contribution is -2.14. The SMILES string of the molecule is CC1C=CC(S(N)(O)O)=CC(C)(C)C1. The Kier molecular flexibility index (Phi) is 3.11.